The molecule has 0 aliphatic heterocycles. The van der Waals surface area contributed by atoms with Gasteiger partial charge in [-0.05, 0) is 32.5 Å². The van der Waals surface area contributed by atoms with Gasteiger partial charge in [0.15, 0.2) is 0 Å². The van der Waals surface area contributed by atoms with Crippen molar-refractivity contribution < 1.29 is 14.8 Å². The second-order valence-electron chi connectivity index (χ2n) is 5.58. The molecule has 0 aromatic heterocycles. The quantitative estimate of drug-likeness (QED) is 0.591. The van der Waals surface area contributed by atoms with Gasteiger partial charge in [-0.15, -0.1) is 0 Å². The van der Waals surface area contributed by atoms with E-state index >= 15 is 0 Å². The Morgan fingerprint density at radius 1 is 1.50 bits per heavy atom. The number of anilines is 1. The van der Waals surface area contributed by atoms with Crippen molar-refractivity contribution in [3.63, 3.8) is 0 Å². The number of nitrogens with one attached hydrogen (secondary N) is 1. The highest BCUT2D eigenvalue weighted by atomic mass is 35.5. The first-order chi connectivity index (χ1) is 10.1. The number of benzene rings is 1. The largest absolute Gasteiger partial charge is 0.389 e. The standard InChI is InChI=1S/C14H20ClN3O4/c1-4-17(9-14(2,3)20)8-13(19)16-11-7-10(15)5-6-12(11)18(21)22/h5-7,20H,4,8-9H2,1-3H3,(H,16,19). The Morgan fingerprint density at radius 3 is 2.64 bits per heavy atom. The molecule has 0 aliphatic rings. The molecule has 0 radical (unpaired) electrons. The topological polar surface area (TPSA) is 95.7 Å². The van der Waals surface area contributed by atoms with E-state index in [0.717, 1.165) is 0 Å². The fourth-order valence-corrected chi connectivity index (χ4v) is 2.16. The van der Waals surface area contributed by atoms with Crippen molar-refractivity contribution in [3.8, 4) is 0 Å². The third kappa shape index (κ3) is 5.97. The summed E-state index contributed by atoms with van der Waals surface area (Å²) in [7, 11) is 0. The van der Waals surface area contributed by atoms with E-state index in [-0.39, 0.29) is 17.9 Å². The first kappa shape index (κ1) is 18.3. The molecule has 0 unspecified atom stereocenters. The zero-order valence-electron chi connectivity index (χ0n) is 12.8. The molecule has 0 spiro atoms. The van der Waals surface area contributed by atoms with Crippen molar-refractivity contribution in [2.24, 2.45) is 0 Å². The van der Waals surface area contributed by atoms with Crippen LogP contribution in [0.25, 0.3) is 0 Å². The van der Waals surface area contributed by atoms with Crippen molar-refractivity contribution in [2.75, 3.05) is 25.0 Å². The van der Waals surface area contributed by atoms with Crippen molar-refractivity contribution in [1.82, 2.24) is 4.90 Å². The number of halogens is 1. The number of aliphatic hydroxyl groups is 1. The minimum Gasteiger partial charge on any atom is -0.389 e. The number of hydrogen-bond acceptors (Lipinski definition) is 5. The first-order valence-corrected chi connectivity index (χ1v) is 7.18. The molecule has 7 nitrogen and oxygen atoms in total. The van der Waals surface area contributed by atoms with E-state index in [2.05, 4.69) is 5.32 Å². The van der Waals surface area contributed by atoms with Gasteiger partial charge >= 0.3 is 0 Å². The predicted octanol–water partition coefficient (Wildman–Crippen LogP) is 2.28. The van der Waals surface area contributed by atoms with Gasteiger partial charge in [-0.2, -0.15) is 0 Å². The normalized spacial score (nSPS) is 11.5. The summed E-state index contributed by atoms with van der Waals surface area (Å²) in [6, 6.07) is 3.97. The number of likely N-dealkylation sites (N-methyl/N-ethyl adjacent to an activating group) is 1. The molecular formula is C14H20ClN3O4. The molecule has 0 saturated heterocycles. The fraction of sp³-hybridized carbons (Fsp3) is 0.500. The number of carbonyl (C=O) groups is 1. The number of rotatable bonds is 7. The fourth-order valence-electron chi connectivity index (χ4n) is 1.99. The van der Waals surface area contributed by atoms with Crippen molar-refractivity contribution in [1.29, 1.82) is 0 Å². The lowest BCUT2D eigenvalue weighted by Crippen LogP contribution is -2.42. The molecule has 0 heterocycles. The van der Waals surface area contributed by atoms with Crippen LogP contribution in [-0.4, -0.2) is 46.1 Å². The molecule has 1 aromatic rings. The smallest absolute Gasteiger partial charge is 0.292 e. The Hall–Kier alpha value is -1.70. The molecule has 0 saturated carbocycles. The van der Waals surface area contributed by atoms with E-state index in [1.807, 2.05) is 6.92 Å². The van der Waals surface area contributed by atoms with E-state index < -0.39 is 16.4 Å². The van der Waals surface area contributed by atoms with Crippen LogP contribution in [0.3, 0.4) is 0 Å². The average Bonchev–Trinajstić information content (AvgIpc) is 2.35. The van der Waals surface area contributed by atoms with Crippen LogP contribution in [0.5, 0.6) is 0 Å². The van der Waals surface area contributed by atoms with E-state index in [1.165, 1.54) is 18.2 Å². The lowest BCUT2D eigenvalue weighted by atomic mass is 10.1. The van der Waals surface area contributed by atoms with Gasteiger partial charge in [-0.25, -0.2) is 0 Å². The van der Waals surface area contributed by atoms with Gasteiger partial charge in [-0.1, -0.05) is 18.5 Å². The summed E-state index contributed by atoms with van der Waals surface area (Å²) in [6.45, 7) is 6.05. The minimum absolute atomic E-state index is 0.0180. The Balaban J connectivity index is 2.80. The molecule has 122 valence electrons. The van der Waals surface area contributed by atoms with Gasteiger partial charge in [0.25, 0.3) is 5.69 Å². The van der Waals surface area contributed by atoms with Crippen LogP contribution < -0.4 is 5.32 Å². The van der Waals surface area contributed by atoms with Gasteiger partial charge < -0.3 is 10.4 Å². The number of carbonyl (C=O) groups excluding carboxylic acids is 1. The third-order valence-corrected chi connectivity index (χ3v) is 3.09. The van der Waals surface area contributed by atoms with Gasteiger partial charge in [0.2, 0.25) is 5.91 Å². The van der Waals surface area contributed by atoms with Crippen LogP contribution in [-0.2, 0) is 4.79 Å². The molecule has 1 aromatic carbocycles. The zero-order valence-corrected chi connectivity index (χ0v) is 13.6. The highest BCUT2D eigenvalue weighted by Crippen LogP contribution is 2.27. The zero-order chi connectivity index (χ0) is 16.9. The summed E-state index contributed by atoms with van der Waals surface area (Å²) in [5.41, 5.74) is -1.09. The molecule has 2 N–H and O–H groups in total. The molecule has 8 heteroatoms. The molecular weight excluding hydrogens is 310 g/mol. The lowest BCUT2D eigenvalue weighted by Gasteiger charge is -2.27. The summed E-state index contributed by atoms with van der Waals surface area (Å²) in [5.74, 6) is -0.406. The van der Waals surface area contributed by atoms with Crippen LogP contribution in [0.1, 0.15) is 20.8 Å². The number of nitrogens with zero attached hydrogens (tertiary/aromatic N) is 2. The second kappa shape index (κ2) is 7.53. The van der Waals surface area contributed by atoms with E-state index in [1.54, 1.807) is 18.7 Å². The summed E-state index contributed by atoms with van der Waals surface area (Å²) >= 11 is 5.81. The molecule has 1 amide bonds. The summed E-state index contributed by atoms with van der Waals surface area (Å²) < 4.78 is 0. The Kier molecular flexibility index (Phi) is 6.28. The Morgan fingerprint density at radius 2 is 2.14 bits per heavy atom. The predicted molar refractivity (Wildman–Crippen MR) is 85.1 cm³/mol. The van der Waals surface area contributed by atoms with Crippen LogP contribution >= 0.6 is 11.6 Å². The monoisotopic (exact) mass is 329 g/mol. The van der Waals surface area contributed by atoms with Crippen molar-refractivity contribution in [3.05, 3.63) is 33.3 Å². The minimum atomic E-state index is -0.932. The maximum Gasteiger partial charge on any atom is 0.292 e. The molecule has 0 atom stereocenters. The summed E-state index contributed by atoms with van der Waals surface area (Å²) in [4.78, 5) is 24.2. The number of amides is 1. The highest BCUT2D eigenvalue weighted by molar-refractivity contribution is 6.31. The van der Waals surface area contributed by atoms with Crippen molar-refractivity contribution >= 4 is 28.9 Å². The van der Waals surface area contributed by atoms with Crippen LogP contribution in [0.15, 0.2) is 18.2 Å². The Bertz CT molecular complexity index is 558. The maximum absolute atomic E-state index is 12.1. The van der Waals surface area contributed by atoms with E-state index in [9.17, 15) is 20.0 Å². The van der Waals surface area contributed by atoms with Gasteiger partial charge in [0.05, 0.1) is 17.1 Å². The highest BCUT2D eigenvalue weighted by Gasteiger charge is 2.21. The molecule has 0 fully saturated rings. The van der Waals surface area contributed by atoms with E-state index in [0.29, 0.717) is 18.1 Å². The average molecular weight is 330 g/mol. The van der Waals surface area contributed by atoms with Crippen LogP contribution in [0.2, 0.25) is 5.02 Å². The Labute approximate surface area is 134 Å². The third-order valence-electron chi connectivity index (χ3n) is 2.85. The maximum atomic E-state index is 12.1. The molecule has 1 rings (SSSR count). The molecule has 0 bridgehead atoms. The summed E-state index contributed by atoms with van der Waals surface area (Å²) in [5, 5.41) is 23.5. The first-order valence-electron chi connectivity index (χ1n) is 6.81. The van der Waals surface area contributed by atoms with E-state index in [4.69, 9.17) is 11.6 Å². The van der Waals surface area contributed by atoms with Gasteiger partial charge in [0.1, 0.15) is 5.69 Å². The van der Waals surface area contributed by atoms with Crippen LogP contribution in [0.4, 0.5) is 11.4 Å². The van der Waals surface area contributed by atoms with Gasteiger partial charge in [0, 0.05) is 17.6 Å². The SMILES string of the molecule is CCN(CC(=O)Nc1cc(Cl)ccc1[N+](=O)[O-])CC(C)(C)O. The number of hydrogen-bond donors (Lipinski definition) is 2. The van der Waals surface area contributed by atoms with Crippen molar-refractivity contribution in [2.45, 2.75) is 26.4 Å². The number of nitro benzene ring substituents is 1. The molecule has 22 heavy (non-hydrogen) atoms. The lowest BCUT2D eigenvalue weighted by molar-refractivity contribution is -0.383. The van der Waals surface area contributed by atoms with Crippen LogP contribution in [0, 0.1) is 10.1 Å². The van der Waals surface area contributed by atoms with Gasteiger partial charge in [-0.3, -0.25) is 19.8 Å². The molecule has 0 aliphatic carbocycles. The second-order valence-corrected chi connectivity index (χ2v) is 6.02. The summed E-state index contributed by atoms with van der Waals surface area (Å²) in [6.07, 6.45) is 0. The number of nitro groups is 1.